The van der Waals surface area contributed by atoms with E-state index in [-0.39, 0.29) is 5.54 Å². The smallest absolute Gasteiger partial charge is 0.0130 e. The summed E-state index contributed by atoms with van der Waals surface area (Å²) in [5.74, 6) is 1.73. The molecule has 1 aliphatic rings. The molecule has 19 heavy (non-hydrogen) atoms. The van der Waals surface area contributed by atoms with Gasteiger partial charge in [0.05, 0.1) is 0 Å². The lowest BCUT2D eigenvalue weighted by atomic mass is 9.81. The molecule has 0 aromatic heterocycles. The highest BCUT2D eigenvalue weighted by Gasteiger charge is 2.25. The molecule has 0 bridgehead atoms. The van der Waals surface area contributed by atoms with Crippen LogP contribution in [0.15, 0.2) is 0 Å². The van der Waals surface area contributed by atoms with Crippen LogP contribution in [-0.4, -0.2) is 25.2 Å². The summed E-state index contributed by atoms with van der Waals surface area (Å²) in [6, 6.07) is 0. The highest BCUT2D eigenvalue weighted by Crippen LogP contribution is 2.27. The number of rotatable bonds is 6. The normalized spacial score (nSPS) is 23.4. The molecule has 2 unspecified atom stereocenters. The zero-order valence-electron chi connectivity index (χ0n) is 14.1. The molecule has 2 atom stereocenters. The molecule has 0 aromatic carbocycles. The van der Waals surface area contributed by atoms with Crippen LogP contribution in [0.5, 0.6) is 0 Å². The highest BCUT2D eigenvalue weighted by atomic mass is 15.0. The van der Waals surface area contributed by atoms with E-state index in [1.54, 1.807) is 0 Å². The van der Waals surface area contributed by atoms with E-state index < -0.39 is 0 Å². The van der Waals surface area contributed by atoms with Crippen LogP contribution in [0.3, 0.4) is 0 Å². The van der Waals surface area contributed by atoms with Gasteiger partial charge in [0.25, 0.3) is 0 Å². The molecule has 1 heterocycles. The summed E-state index contributed by atoms with van der Waals surface area (Å²) in [5, 5.41) is 7.30. The van der Waals surface area contributed by atoms with Gasteiger partial charge in [-0.15, -0.1) is 0 Å². The van der Waals surface area contributed by atoms with Crippen molar-refractivity contribution in [2.75, 3.05) is 19.6 Å². The Bertz CT molecular complexity index is 246. The lowest BCUT2D eigenvalue weighted by molar-refractivity contribution is 0.223. The predicted octanol–water partition coefficient (Wildman–Crippen LogP) is 3.82. The predicted molar refractivity (Wildman–Crippen MR) is 85.5 cm³/mol. The van der Waals surface area contributed by atoms with Gasteiger partial charge in [-0.2, -0.15) is 0 Å². The van der Waals surface area contributed by atoms with Crippen molar-refractivity contribution in [3.05, 3.63) is 0 Å². The molecule has 0 amide bonds. The molecule has 0 radical (unpaired) electrons. The molecule has 0 aliphatic carbocycles. The molecule has 1 rings (SSSR count). The van der Waals surface area contributed by atoms with Crippen molar-refractivity contribution in [1.29, 1.82) is 0 Å². The first-order valence-corrected chi connectivity index (χ1v) is 8.15. The monoisotopic (exact) mass is 268 g/mol. The van der Waals surface area contributed by atoms with Gasteiger partial charge in [0.2, 0.25) is 0 Å². The summed E-state index contributed by atoms with van der Waals surface area (Å²) in [4.78, 5) is 0. The van der Waals surface area contributed by atoms with E-state index in [2.05, 4.69) is 52.2 Å². The fourth-order valence-corrected chi connectivity index (χ4v) is 3.63. The number of hydrogen-bond acceptors (Lipinski definition) is 2. The van der Waals surface area contributed by atoms with Gasteiger partial charge in [0, 0.05) is 5.54 Å². The fraction of sp³-hybridized carbons (Fsp3) is 1.00. The average molecular weight is 268 g/mol. The molecule has 1 fully saturated rings. The molecule has 2 N–H and O–H groups in total. The van der Waals surface area contributed by atoms with Crippen LogP contribution in [0.4, 0.5) is 0 Å². The van der Waals surface area contributed by atoms with Crippen LogP contribution in [-0.2, 0) is 0 Å². The van der Waals surface area contributed by atoms with Crippen LogP contribution in [0.1, 0.15) is 67.2 Å². The van der Waals surface area contributed by atoms with E-state index in [1.807, 2.05) is 0 Å². The maximum Gasteiger partial charge on any atom is 0.0130 e. The number of hydrogen-bond donors (Lipinski definition) is 2. The second kappa shape index (κ2) is 7.08. The van der Waals surface area contributed by atoms with E-state index in [0.717, 1.165) is 18.4 Å². The molecule has 2 heteroatoms. The first-order valence-electron chi connectivity index (χ1n) is 8.15. The Morgan fingerprint density at radius 1 is 1.21 bits per heavy atom. The Labute approximate surface area is 121 Å². The summed E-state index contributed by atoms with van der Waals surface area (Å²) in [6.45, 7) is 17.7. The zero-order chi connectivity index (χ0) is 14.5. The van der Waals surface area contributed by atoms with E-state index in [4.69, 9.17) is 0 Å². The molecule has 1 aliphatic heterocycles. The highest BCUT2D eigenvalue weighted by molar-refractivity contribution is 4.84. The van der Waals surface area contributed by atoms with Crippen LogP contribution >= 0.6 is 0 Å². The molecular formula is C17H36N2. The zero-order valence-corrected chi connectivity index (χ0v) is 14.1. The van der Waals surface area contributed by atoms with E-state index in [0.29, 0.717) is 5.41 Å². The van der Waals surface area contributed by atoms with Gasteiger partial charge in [-0.25, -0.2) is 0 Å². The SMILES string of the molecule is CC(CCNC(C)(C)CC(C)(C)C)C1CCCNC1. The van der Waals surface area contributed by atoms with Crippen molar-refractivity contribution in [2.24, 2.45) is 17.3 Å². The topological polar surface area (TPSA) is 24.1 Å². The van der Waals surface area contributed by atoms with Crippen molar-refractivity contribution in [2.45, 2.75) is 72.8 Å². The molecule has 2 nitrogen and oxygen atoms in total. The van der Waals surface area contributed by atoms with Crippen molar-refractivity contribution in [1.82, 2.24) is 10.6 Å². The summed E-state index contributed by atoms with van der Waals surface area (Å²) < 4.78 is 0. The summed E-state index contributed by atoms with van der Waals surface area (Å²) in [6.07, 6.45) is 5.30. The Balaban J connectivity index is 2.24. The van der Waals surface area contributed by atoms with E-state index in [9.17, 15) is 0 Å². The van der Waals surface area contributed by atoms with E-state index >= 15 is 0 Å². The first-order chi connectivity index (χ1) is 8.70. The average Bonchev–Trinajstić information content (AvgIpc) is 2.26. The molecule has 0 spiro atoms. The Hall–Kier alpha value is -0.0800. The van der Waals surface area contributed by atoms with Crippen LogP contribution in [0.25, 0.3) is 0 Å². The van der Waals surface area contributed by atoms with Gasteiger partial charge in [0.1, 0.15) is 0 Å². The number of nitrogens with one attached hydrogen (secondary N) is 2. The van der Waals surface area contributed by atoms with Crippen molar-refractivity contribution in [3.63, 3.8) is 0 Å². The second-order valence-electron chi connectivity index (χ2n) is 8.42. The second-order valence-corrected chi connectivity index (χ2v) is 8.42. The van der Waals surface area contributed by atoms with Crippen LogP contribution in [0, 0.1) is 17.3 Å². The molecule has 0 aromatic rings. The summed E-state index contributed by atoms with van der Waals surface area (Å²) >= 11 is 0. The minimum atomic E-state index is 0.253. The van der Waals surface area contributed by atoms with Gasteiger partial charge in [-0.3, -0.25) is 0 Å². The van der Waals surface area contributed by atoms with Crippen molar-refractivity contribution in [3.8, 4) is 0 Å². The van der Waals surface area contributed by atoms with Gasteiger partial charge in [-0.05, 0) is 76.4 Å². The van der Waals surface area contributed by atoms with Gasteiger partial charge < -0.3 is 10.6 Å². The Kier molecular flexibility index (Phi) is 6.32. The van der Waals surface area contributed by atoms with Crippen LogP contribution < -0.4 is 10.6 Å². The number of piperidine rings is 1. The standard InChI is InChI=1S/C17H36N2/c1-14(15-8-7-10-18-12-15)9-11-19-17(5,6)13-16(2,3)4/h14-15,18-19H,7-13H2,1-6H3. The fourth-order valence-electron chi connectivity index (χ4n) is 3.63. The third-order valence-corrected chi connectivity index (χ3v) is 4.32. The third-order valence-electron chi connectivity index (χ3n) is 4.32. The maximum absolute atomic E-state index is 3.77. The largest absolute Gasteiger partial charge is 0.316 e. The third kappa shape index (κ3) is 7.31. The van der Waals surface area contributed by atoms with Crippen molar-refractivity contribution < 1.29 is 0 Å². The van der Waals surface area contributed by atoms with Crippen LogP contribution in [0.2, 0.25) is 0 Å². The van der Waals surface area contributed by atoms with E-state index in [1.165, 1.54) is 38.8 Å². The lowest BCUT2D eigenvalue weighted by Crippen LogP contribution is -2.43. The van der Waals surface area contributed by atoms with Crippen molar-refractivity contribution >= 4 is 0 Å². The molecule has 0 saturated carbocycles. The van der Waals surface area contributed by atoms with Gasteiger partial charge >= 0.3 is 0 Å². The summed E-state index contributed by atoms with van der Waals surface area (Å²) in [5.41, 5.74) is 0.651. The van der Waals surface area contributed by atoms with Gasteiger partial charge in [-0.1, -0.05) is 27.7 Å². The Morgan fingerprint density at radius 3 is 2.42 bits per heavy atom. The molecule has 114 valence electrons. The minimum Gasteiger partial charge on any atom is -0.316 e. The minimum absolute atomic E-state index is 0.253. The molecule has 1 saturated heterocycles. The summed E-state index contributed by atoms with van der Waals surface area (Å²) in [7, 11) is 0. The lowest BCUT2D eigenvalue weighted by Gasteiger charge is -2.34. The maximum atomic E-state index is 3.77. The van der Waals surface area contributed by atoms with Gasteiger partial charge in [0.15, 0.2) is 0 Å². The first kappa shape index (κ1) is 17.0. The molecular weight excluding hydrogens is 232 g/mol. The quantitative estimate of drug-likeness (QED) is 0.765. The Morgan fingerprint density at radius 2 is 1.89 bits per heavy atom.